The highest BCUT2D eigenvalue weighted by Gasteiger charge is 2.18. The molecule has 0 spiro atoms. The Balaban J connectivity index is 1.98. The van der Waals surface area contributed by atoms with Gasteiger partial charge in [-0.1, -0.05) is 59.6 Å². The number of esters is 1. The van der Waals surface area contributed by atoms with Crippen LogP contribution in [0.1, 0.15) is 28.4 Å². The van der Waals surface area contributed by atoms with Gasteiger partial charge in [-0.25, -0.2) is 4.79 Å². The van der Waals surface area contributed by atoms with E-state index in [4.69, 9.17) is 16.3 Å². The molecule has 2 aromatic carbocycles. The second-order valence-corrected chi connectivity index (χ2v) is 5.57. The molecule has 2 aromatic rings. The first kappa shape index (κ1) is 17.0. The van der Waals surface area contributed by atoms with E-state index in [9.17, 15) is 9.59 Å². The van der Waals surface area contributed by atoms with Crippen molar-refractivity contribution in [1.29, 1.82) is 0 Å². The molecule has 0 aliphatic carbocycles. The van der Waals surface area contributed by atoms with E-state index >= 15 is 0 Å². The third kappa shape index (κ3) is 4.80. The summed E-state index contributed by atoms with van der Waals surface area (Å²) in [4.78, 5) is 24.0. The fourth-order valence-corrected chi connectivity index (χ4v) is 2.19. The lowest BCUT2D eigenvalue weighted by Crippen LogP contribution is -2.23. The van der Waals surface area contributed by atoms with Crippen molar-refractivity contribution in [2.24, 2.45) is 0 Å². The number of halogens is 1. The van der Waals surface area contributed by atoms with Gasteiger partial charge in [0.2, 0.25) is 5.78 Å². The maximum absolute atomic E-state index is 12.2. The van der Waals surface area contributed by atoms with Gasteiger partial charge in [0.25, 0.3) is 0 Å². The summed E-state index contributed by atoms with van der Waals surface area (Å²) in [5, 5.41) is 0.542. The Hall–Kier alpha value is -2.39. The number of ether oxygens (including phenoxy) is 1. The number of rotatable bonds is 5. The number of benzene rings is 2. The highest BCUT2D eigenvalue weighted by molar-refractivity contribution is 6.32. The van der Waals surface area contributed by atoms with Crippen molar-refractivity contribution in [2.75, 3.05) is 0 Å². The summed E-state index contributed by atoms with van der Waals surface area (Å²) in [6.07, 6.45) is 1.98. The molecule has 0 bridgehead atoms. The van der Waals surface area contributed by atoms with Crippen LogP contribution in [-0.2, 0) is 9.53 Å². The van der Waals surface area contributed by atoms with E-state index in [2.05, 4.69) is 0 Å². The first-order chi connectivity index (χ1) is 11.0. The zero-order chi connectivity index (χ0) is 16.8. The minimum absolute atomic E-state index is 0.232. The topological polar surface area (TPSA) is 43.4 Å². The molecule has 0 fully saturated rings. The van der Waals surface area contributed by atoms with Crippen LogP contribution in [0.25, 0.3) is 6.08 Å². The molecule has 0 aliphatic heterocycles. The average Bonchev–Trinajstić information content (AvgIpc) is 2.54. The van der Waals surface area contributed by atoms with Crippen molar-refractivity contribution in [1.82, 2.24) is 0 Å². The molecule has 0 aromatic heterocycles. The molecule has 0 saturated heterocycles. The molecule has 2 rings (SSSR count). The summed E-state index contributed by atoms with van der Waals surface area (Å²) in [5.74, 6) is -0.817. The first-order valence-electron chi connectivity index (χ1n) is 7.21. The molecule has 0 radical (unpaired) electrons. The van der Waals surface area contributed by atoms with Gasteiger partial charge in [-0.2, -0.15) is 0 Å². The largest absolute Gasteiger partial charge is 0.451 e. The number of hydrogen-bond donors (Lipinski definition) is 0. The Kier molecular flexibility index (Phi) is 5.72. The van der Waals surface area contributed by atoms with Gasteiger partial charge in [-0.05, 0) is 31.6 Å². The zero-order valence-corrected chi connectivity index (χ0v) is 13.7. The molecule has 0 heterocycles. The molecule has 0 saturated carbocycles. The summed E-state index contributed by atoms with van der Waals surface area (Å²) >= 11 is 6.00. The average molecular weight is 329 g/mol. The Morgan fingerprint density at radius 2 is 1.74 bits per heavy atom. The van der Waals surface area contributed by atoms with Crippen molar-refractivity contribution in [3.05, 3.63) is 76.3 Å². The number of carbonyl (C=O) groups is 2. The Morgan fingerprint density at radius 1 is 1.09 bits per heavy atom. The number of ketones is 1. The minimum atomic E-state index is -0.846. The maximum atomic E-state index is 12.2. The molecule has 23 heavy (non-hydrogen) atoms. The summed E-state index contributed by atoms with van der Waals surface area (Å²) in [6, 6.07) is 14.3. The van der Waals surface area contributed by atoms with Crippen LogP contribution in [0.3, 0.4) is 0 Å². The monoisotopic (exact) mass is 328 g/mol. The van der Waals surface area contributed by atoms with Crippen molar-refractivity contribution in [2.45, 2.75) is 20.0 Å². The molecule has 4 heteroatoms. The molecule has 0 amide bonds. The van der Waals surface area contributed by atoms with Crippen molar-refractivity contribution < 1.29 is 14.3 Å². The number of aryl methyl sites for hydroxylation is 1. The van der Waals surface area contributed by atoms with Gasteiger partial charge in [0, 0.05) is 16.7 Å². The van der Waals surface area contributed by atoms with Crippen molar-refractivity contribution in [3.63, 3.8) is 0 Å². The molecule has 118 valence electrons. The fourth-order valence-electron chi connectivity index (χ4n) is 1.99. The van der Waals surface area contributed by atoms with Gasteiger partial charge in [0.15, 0.2) is 6.10 Å². The number of hydrogen-bond acceptors (Lipinski definition) is 3. The Labute approximate surface area is 140 Å². The summed E-state index contributed by atoms with van der Waals surface area (Å²) in [5.41, 5.74) is 2.29. The third-order valence-electron chi connectivity index (χ3n) is 3.30. The van der Waals surface area contributed by atoms with Crippen molar-refractivity contribution in [3.8, 4) is 0 Å². The lowest BCUT2D eigenvalue weighted by atomic mass is 10.1. The Bertz CT molecular complexity index is 733. The van der Waals surface area contributed by atoms with E-state index in [1.165, 1.54) is 6.08 Å². The summed E-state index contributed by atoms with van der Waals surface area (Å²) in [7, 11) is 0. The van der Waals surface area contributed by atoms with Crippen LogP contribution < -0.4 is 0 Å². The lowest BCUT2D eigenvalue weighted by molar-refractivity contribution is -0.140. The van der Waals surface area contributed by atoms with Gasteiger partial charge >= 0.3 is 5.97 Å². The second-order valence-electron chi connectivity index (χ2n) is 5.16. The summed E-state index contributed by atoms with van der Waals surface area (Å²) < 4.78 is 5.14. The molecule has 0 aliphatic rings. The maximum Gasteiger partial charge on any atom is 0.331 e. The van der Waals surface area contributed by atoms with Crippen LogP contribution in [0.2, 0.25) is 5.02 Å². The zero-order valence-electron chi connectivity index (χ0n) is 13.0. The Morgan fingerprint density at radius 3 is 2.39 bits per heavy atom. The van der Waals surface area contributed by atoms with E-state index in [0.29, 0.717) is 16.1 Å². The normalized spacial score (nSPS) is 12.1. The van der Waals surface area contributed by atoms with Crippen LogP contribution in [0, 0.1) is 6.92 Å². The van der Waals surface area contributed by atoms with E-state index in [-0.39, 0.29) is 5.78 Å². The SMILES string of the molecule is Cc1ccc(C(=O)[C@@H](C)OC(=O)/C=C/c2ccccc2Cl)cc1. The highest BCUT2D eigenvalue weighted by atomic mass is 35.5. The third-order valence-corrected chi connectivity index (χ3v) is 3.65. The van der Waals surface area contributed by atoms with Gasteiger partial charge in [-0.3, -0.25) is 4.79 Å². The van der Waals surface area contributed by atoms with Crippen LogP contribution in [0.5, 0.6) is 0 Å². The molecular formula is C19H17ClO3. The van der Waals surface area contributed by atoms with Crippen LogP contribution in [0.4, 0.5) is 0 Å². The van der Waals surface area contributed by atoms with Gasteiger partial charge < -0.3 is 4.74 Å². The fraction of sp³-hybridized carbons (Fsp3) is 0.158. The predicted octanol–water partition coefficient (Wildman–Crippen LogP) is 4.48. The van der Waals surface area contributed by atoms with Gasteiger partial charge in [0.1, 0.15) is 0 Å². The molecule has 0 N–H and O–H groups in total. The van der Waals surface area contributed by atoms with Crippen molar-refractivity contribution >= 4 is 29.4 Å². The van der Waals surface area contributed by atoms with E-state index in [0.717, 1.165) is 5.56 Å². The molecule has 0 unspecified atom stereocenters. The minimum Gasteiger partial charge on any atom is -0.451 e. The van der Waals surface area contributed by atoms with Gasteiger partial charge in [0.05, 0.1) is 0 Å². The first-order valence-corrected chi connectivity index (χ1v) is 7.59. The molecular weight excluding hydrogens is 312 g/mol. The molecule has 1 atom stereocenters. The standard InChI is InChI=1S/C19H17ClO3/c1-13-7-9-16(10-8-13)19(22)14(2)23-18(21)12-11-15-5-3-4-6-17(15)20/h3-12,14H,1-2H3/b12-11+/t14-/m1/s1. The number of carbonyl (C=O) groups excluding carboxylic acids is 2. The van der Waals surface area contributed by atoms with Gasteiger partial charge in [-0.15, -0.1) is 0 Å². The predicted molar refractivity (Wildman–Crippen MR) is 91.5 cm³/mol. The second kappa shape index (κ2) is 7.75. The quantitative estimate of drug-likeness (QED) is 0.462. The lowest BCUT2D eigenvalue weighted by Gasteiger charge is -2.11. The summed E-state index contributed by atoms with van der Waals surface area (Å²) in [6.45, 7) is 3.50. The van der Waals surface area contributed by atoms with E-state index in [1.807, 2.05) is 25.1 Å². The van der Waals surface area contributed by atoms with E-state index < -0.39 is 12.1 Å². The smallest absolute Gasteiger partial charge is 0.331 e. The molecule has 3 nitrogen and oxygen atoms in total. The highest BCUT2D eigenvalue weighted by Crippen LogP contribution is 2.16. The number of Topliss-reactive ketones (excluding diaryl/α,β-unsaturated/α-hetero) is 1. The van der Waals surface area contributed by atoms with Crippen LogP contribution in [0.15, 0.2) is 54.6 Å². The van der Waals surface area contributed by atoms with Crippen LogP contribution in [-0.4, -0.2) is 17.9 Å². The van der Waals surface area contributed by atoms with Crippen LogP contribution >= 0.6 is 11.6 Å². The van der Waals surface area contributed by atoms with E-state index in [1.54, 1.807) is 43.3 Å².